The van der Waals surface area contributed by atoms with Gasteiger partial charge in [-0.15, -0.1) is 0 Å². The molecule has 0 aliphatic carbocycles. The highest BCUT2D eigenvalue weighted by Crippen LogP contribution is 2.32. The number of anilines is 1. The van der Waals surface area contributed by atoms with Gasteiger partial charge in [-0.2, -0.15) is 0 Å². The smallest absolute Gasteiger partial charge is 0.142 e. The number of methoxy groups -OCH3 is 2. The SMILES string of the molecule is CNCC1CN(c2cc(OC)ccc2OC)CCN1. The Hall–Kier alpha value is -1.46. The molecule has 0 bridgehead atoms. The van der Waals surface area contributed by atoms with Crippen molar-refractivity contribution >= 4 is 5.69 Å². The summed E-state index contributed by atoms with van der Waals surface area (Å²) in [6.45, 7) is 3.88. The number of likely N-dealkylation sites (N-methyl/N-ethyl adjacent to an activating group) is 1. The lowest BCUT2D eigenvalue weighted by molar-refractivity contribution is 0.397. The van der Waals surface area contributed by atoms with Crippen molar-refractivity contribution < 1.29 is 9.47 Å². The van der Waals surface area contributed by atoms with Crippen LogP contribution in [0, 0.1) is 0 Å². The molecular formula is C14H23N3O2. The molecule has 1 aliphatic rings. The van der Waals surface area contributed by atoms with Crippen LogP contribution in [0.4, 0.5) is 5.69 Å². The van der Waals surface area contributed by atoms with Crippen LogP contribution in [-0.4, -0.2) is 53.5 Å². The number of ether oxygens (including phenoxy) is 2. The van der Waals surface area contributed by atoms with Crippen LogP contribution in [-0.2, 0) is 0 Å². The van der Waals surface area contributed by atoms with Crippen LogP contribution in [0.1, 0.15) is 0 Å². The second-order valence-corrected chi connectivity index (χ2v) is 4.69. The van der Waals surface area contributed by atoms with E-state index in [4.69, 9.17) is 9.47 Å². The van der Waals surface area contributed by atoms with Crippen LogP contribution in [0.5, 0.6) is 11.5 Å². The molecule has 0 spiro atoms. The molecule has 1 aromatic carbocycles. The van der Waals surface area contributed by atoms with Gasteiger partial charge in [0.05, 0.1) is 19.9 Å². The van der Waals surface area contributed by atoms with Crippen LogP contribution < -0.4 is 25.0 Å². The molecule has 1 aliphatic heterocycles. The van der Waals surface area contributed by atoms with E-state index in [9.17, 15) is 0 Å². The Kier molecular flexibility index (Phi) is 4.87. The fraction of sp³-hybridized carbons (Fsp3) is 0.571. The van der Waals surface area contributed by atoms with Gasteiger partial charge in [0.25, 0.3) is 0 Å². The molecule has 2 N–H and O–H groups in total. The highest BCUT2D eigenvalue weighted by atomic mass is 16.5. The van der Waals surface area contributed by atoms with Crippen molar-refractivity contribution in [3.63, 3.8) is 0 Å². The molecule has 0 saturated carbocycles. The predicted molar refractivity (Wildman–Crippen MR) is 77.5 cm³/mol. The number of hydrogen-bond acceptors (Lipinski definition) is 5. The van der Waals surface area contributed by atoms with Gasteiger partial charge in [-0.05, 0) is 19.2 Å². The van der Waals surface area contributed by atoms with Crippen molar-refractivity contribution in [2.24, 2.45) is 0 Å². The molecule has 106 valence electrons. The highest BCUT2D eigenvalue weighted by molar-refractivity contribution is 5.62. The number of nitrogens with one attached hydrogen (secondary N) is 2. The Morgan fingerprint density at radius 2 is 2.21 bits per heavy atom. The molecule has 1 unspecified atom stereocenters. The van der Waals surface area contributed by atoms with E-state index in [1.807, 2.05) is 25.2 Å². The lowest BCUT2D eigenvalue weighted by atomic mass is 10.1. The molecular weight excluding hydrogens is 242 g/mol. The molecule has 1 fully saturated rings. The summed E-state index contributed by atoms with van der Waals surface area (Å²) in [4.78, 5) is 2.35. The maximum atomic E-state index is 5.46. The first kappa shape index (κ1) is 14.0. The first-order chi connectivity index (χ1) is 9.28. The number of piperazine rings is 1. The first-order valence-electron chi connectivity index (χ1n) is 6.63. The molecule has 0 aromatic heterocycles. The largest absolute Gasteiger partial charge is 0.497 e. The average molecular weight is 265 g/mol. The number of rotatable bonds is 5. The van der Waals surface area contributed by atoms with Gasteiger partial charge in [0, 0.05) is 38.3 Å². The zero-order valence-electron chi connectivity index (χ0n) is 11.9. The fourth-order valence-corrected chi connectivity index (χ4v) is 2.47. The van der Waals surface area contributed by atoms with Crippen molar-refractivity contribution in [3.8, 4) is 11.5 Å². The summed E-state index contributed by atoms with van der Waals surface area (Å²) in [5.41, 5.74) is 1.10. The second-order valence-electron chi connectivity index (χ2n) is 4.69. The fourth-order valence-electron chi connectivity index (χ4n) is 2.47. The van der Waals surface area contributed by atoms with Crippen LogP contribution >= 0.6 is 0 Å². The van der Waals surface area contributed by atoms with Gasteiger partial charge in [0.2, 0.25) is 0 Å². The van der Waals surface area contributed by atoms with Crippen molar-refractivity contribution in [2.45, 2.75) is 6.04 Å². The van der Waals surface area contributed by atoms with Crippen molar-refractivity contribution in [2.75, 3.05) is 52.3 Å². The molecule has 5 heteroatoms. The van der Waals surface area contributed by atoms with Crippen molar-refractivity contribution in [1.82, 2.24) is 10.6 Å². The standard InChI is InChI=1S/C14H23N3O2/c1-15-9-11-10-17(7-6-16-11)13-8-12(18-2)4-5-14(13)19-3/h4-5,8,11,15-16H,6-7,9-10H2,1-3H3. The van der Waals surface area contributed by atoms with E-state index in [1.54, 1.807) is 14.2 Å². The summed E-state index contributed by atoms with van der Waals surface area (Å²) in [6.07, 6.45) is 0. The zero-order valence-corrected chi connectivity index (χ0v) is 11.9. The van der Waals surface area contributed by atoms with Crippen LogP contribution in [0.25, 0.3) is 0 Å². The molecule has 19 heavy (non-hydrogen) atoms. The molecule has 1 saturated heterocycles. The Morgan fingerprint density at radius 3 is 2.89 bits per heavy atom. The number of nitrogens with zero attached hydrogens (tertiary/aromatic N) is 1. The molecule has 0 amide bonds. The minimum atomic E-state index is 0.453. The summed E-state index contributed by atoms with van der Waals surface area (Å²) in [7, 11) is 5.37. The number of hydrogen-bond donors (Lipinski definition) is 2. The van der Waals surface area contributed by atoms with Crippen LogP contribution in [0.3, 0.4) is 0 Å². The maximum absolute atomic E-state index is 5.46. The Bertz CT molecular complexity index is 410. The summed E-state index contributed by atoms with van der Waals surface area (Å²) in [6, 6.07) is 6.38. The van der Waals surface area contributed by atoms with E-state index in [2.05, 4.69) is 15.5 Å². The Balaban J connectivity index is 2.19. The van der Waals surface area contributed by atoms with Gasteiger partial charge in [0.15, 0.2) is 0 Å². The number of benzene rings is 1. The summed E-state index contributed by atoms with van der Waals surface area (Å²) in [5.74, 6) is 1.76. The normalized spacial score (nSPS) is 19.3. The lowest BCUT2D eigenvalue weighted by Gasteiger charge is -2.36. The first-order valence-corrected chi connectivity index (χ1v) is 6.63. The van der Waals surface area contributed by atoms with Gasteiger partial charge >= 0.3 is 0 Å². The Labute approximate surface area is 114 Å². The molecule has 1 atom stereocenters. The topological polar surface area (TPSA) is 45.8 Å². The van der Waals surface area contributed by atoms with E-state index in [1.165, 1.54) is 0 Å². The van der Waals surface area contributed by atoms with E-state index in [0.29, 0.717) is 6.04 Å². The lowest BCUT2D eigenvalue weighted by Crippen LogP contribution is -2.54. The minimum Gasteiger partial charge on any atom is -0.497 e. The van der Waals surface area contributed by atoms with E-state index in [0.717, 1.165) is 43.4 Å². The average Bonchev–Trinajstić information content (AvgIpc) is 2.47. The molecule has 1 aromatic rings. The summed E-state index contributed by atoms with van der Waals surface area (Å²) >= 11 is 0. The third-order valence-electron chi connectivity index (χ3n) is 3.43. The molecule has 5 nitrogen and oxygen atoms in total. The van der Waals surface area contributed by atoms with Crippen molar-refractivity contribution in [3.05, 3.63) is 18.2 Å². The van der Waals surface area contributed by atoms with Gasteiger partial charge < -0.3 is 25.0 Å². The summed E-state index contributed by atoms with van der Waals surface area (Å²) in [5, 5.41) is 6.73. The quantitative estimate of drug-likeness (QED) is 0.820. The van der Waals surface area contributed by atoms with Crippen LogP contribution in [0.15, 0.2) is 18.2 Å². The van der Waals surface area contributed by atoms with Gasteiger partial charge in [-0.25, -0.2) is 0 Å². The minimum absolute atomic E-state index is 0.453. The highest BCUT2D eigenvalue weighted by Gasteiger charge is 2.21. The summed E-state index contributed by atoms with van der Waals surface area (Å²) < 4.78 is 10.8. The van der Waals surface area contributed by atoms with Gasteiger partial charge in [0.1, 0.15) is 11.5 Å². The third kappa shape index (κ3) is 3.30. The monoisotopic (exact) mass is 265 g/mol. The predicted octanol–water partition coefficient (Wildman–Crippen LogP) is 0.701. The zero-order chi connectivity index (χ0) is 13.7. The van der Waals surface area contributed by atoms with E-state index in [-0.39, 0.29) is 0 Å². The molecule has 2 rings (SSSR count). The van der Waals surface area contributed by atoms with E-state index < -0.39 is 0 Å². The van der Waals surface area contributed by atoms with Crippen LogP contribution in [0.2, 0.25) is 0 Å². The Morgan fingerprint density at radius 1 is 1.37 bits per heavy atom. The molecule has 1 heterocycles. The van der Waals surface area contributed by atoms with E-state index >= 15 is 0 Å². The second kappa shape index (κ2) is 6.63. The van der Waals surface area contributed by atoms with Gasteiger partial charge in [-0.3, -0.25) is 0 Å². The van der Waals surface area contributed by atoms with Crippen molar-refractivity contribution in [1.29, 1.82) is 0 Å². The maximum Gasteiger partial charge on any atom is 0.142 e. The van der Waals surface area contributed by atoms with Gasteiger partial charge in [-0.1, -0.05) is 0 Å². The third-order valence-corrected chi connectivity index (χ3v) is 3.43. The molecule has 0 radical (unpaired) electrons.